The highest BCUT2D eigenvalue weighted by molar-refractivity contribution is 8.00. The van der Waals surface area contributed by atoms with Gasteiger partial charge in [0.2, 0.25) is 0 Å². The molecule has 17 heavy (non-hydrogen) atoms. The molecule has 94 valence electrons. The summed E-state index contributed by atoms with van der Waals surface area (Å²) < 4.78 is 1.81. The highest BCUT2D eigenvalue weighted by Gasteiger charge is 2.17. The number of aromatic nitrogens is 2. The van der Waals surface area contributed by atoms with Crippen molar-refractivity contribution < 1.29 is 4.79 Å². The number of hydrogen-bond acceptors (Lipinski definition) is 3. The van der Waals surface area contributed by atoms with E-state index >= 15 is 0 Å². The molecule has 0 aliphatic heterocycles. The molecule has 4 heteroatoms. The third kappa shape index (κ3) is 3.60. The second-order valence-corrected chi connectivity index (χ2v) is 6.12. The summed E-state index contributed by atoms with van der Waals surface area (Å²) in [6.45, 7) is 1.96. The number of ketones is 1. The van der Waals surface area contributed by atoms with Crippen LogP contribution in [0.5, 0.6) is 0 Å². The molecule has 0 spiro atoms. The van der Waals surface area contributed by atoms with Gasteiger partial charge < -0.3 is 0 Å². The molecule has 0 unspecified atom stereocenters. The zero-order valence-corrected chi connectivity index (χ0v) is 11.4. The second-order valence-electron chi connectivity index (χ2n) is 4.83. The third-order valence-electron chi connectivity index (χ3n) is 3.26. The average molecular weight is 252 g/mol. The molecule has 1 aromatic rings. The smallest absolute Gasteiger partial charge is 0.148 e. The minimum Gasteiger partial charge on any atom is -0.298 e. The lowest BCUT2D eigenvalue weighted by atomic mass is 10.2. The van der Waals surface area contributed by atoms with Crippen LogP contribution in [0, 0.1) is 6.92 Å². The molecule has 1 aliphatic carbocycles. The topological polar surface area (TPSA) is 34.9 Å². The van der Waals surface area contributed by atoms with E-state index in [-0.39, 0.29) is 0 Å². The van der Waals surface area contributed by atoms with E-state index in [9.17, 15) is 4.79 Å². The molecular formula is C13H20N2OS. The van der Waals surface area contributed by atoms with Crippen LogP contribution in [-0.4, -0.2) is 26.6 Å². The summed E-state index contributed by atoms with van der Waals surface area (Å²) in [5.41, 5.74) is 2.01. The number of Topliss-reactive ketones (excluding diaryl/α,β-unsaturated/α-hetero) is 1. The largest absolute Gasteiger partial charge is 0.298 e. The predicted octanol–water partition coefficient (Wildman–Crippen LogP) is 2.52. The van der Waals surface area contributed by atoms with Crippen molar-refractivity contribution >= 4 is 17.5 Å². The summed E-state index contributed by atoms with van der Waals surface area (Å²) >= 11 is 1.84. The van der Waals surface area contributed by atoms with E-state index in [2.05, 4.69) is 5.10 Å². The maximum atomic E-state index is 11.9. The third-order valence-corrected chi connectivity index (χ3v) is 4.69. The maximum absolute atomic E-state index is 11.9. The number of carbonyl (C=O) groups is 1. The highest BCUT2D eigenvalue weighted by Crippen LogP contribution is 2.29. The molecule has 1 fully saturated rings. The van der Waals surface area contributed by atoms with Crippen molar-refractivity contribution in [1.29, 1.82) is 0 Å². The van der Waals surface area contributed by atoms with Crippen molar-refractivity contribution in [3.63, 3.8) is 0 Å². The second kappa shape index (κ2) is 5.71. The van der Waals surface area contributed by atoms with Crippen molar-refractivity contribution in [2.75, 3.05) is 5.75 Å². The average Bonchev–Trinajstić information content (AvgIpc) is 2.87. The lowest BCUT2D eigenvalue weighted by Gasteiger charge is -2.07. The van der Waals surface area contributed by atoms with Crippen LogP contribution in [0.25, 0.3) is 0 Å². The van der Waals surface area contributed by atoms with Gasteiger partial charge in [0.05, 0.1) is 11.4 Å². The standard InChI is InChI=1S/C13H20N2OS/c1-10-7-11(15(2)14-10)8-12(16)9-17-13-5-3-4-6-13/h7,13H,3-6,8-9H2,1-2H3. The summed E-state index contributed by atoms with van der Waals surface area (Å²) in [7, 11) is 1.90. The molecule has 1 aromatic heterocycles. The number of thioether (sulfide) groups is 1. The Hall–Kier alpha value is -0.770. The number of nitrogens with zero attached hydrogens (tertiary/aromatic N) is 2. The summed E-state index contributed by atoms with van der Waals surface area (Å²) in [5, 5.41) is 4.99. The van der Waals surface area contributed by atoms with Crippen molar-refractivity contribution in [3.05, 3.63) is 17.5 Å². The molecule has 0 N–H and O–H groups in total. The Morgan fingerprint density at radius 1 is 1.53 bits per heavy atom. The molecule has 1 heterocycles. The van der Waals surface area contributed by atoms with Gasteiger partial charge in [0.15, 0.2) is 0 Å². The number of hydrogen-bond donors (Lipinski definition) is 0. The van der Waals surface area contributed by atoms with Gasteiger partial charge in [0, 0.05) is 24.4 Å². The van der Waals surface area contributed by atoms with Gasteiger partial charge in [-0.25, -0.2) is 0 Å². The zero-order chi connectivity index (χ0) is 12.3. The number of carbonyl (C=O) groups excluding carboxylic acids is 1. The van der Waals surface area contributed by atoms with Gasteiger partial charge in [0.25, 0.3) is 0 Å². The monoisotopic (exact) mass is 252 g/mol. The Labute approximate surface area is 107 Å². The number of aryl methyl sites for hydroxylation is 2. The molecule has 0 saturated heterocycles. The Morgan fingerprint density at radius 2 is 2.24 bits per heavy atom. The van der Waals surface area contributed by atoms with Gasteiger partial charge in [-0.05, 0) is 25.8 Å². The molecular weight excluding hydrogens is 232 g/mol. The van der Waals surface area contributed by atoms with E-state index in [0.29, 0.717) is 18.0 Å². The Bertz CT molecular complexity index is 394. The van der Waals surface area contributed by atoms with Crippen LogP contribution in [-0.2, 0) is 18.3 Å². The highest BCUT2D eigenvalue weighted by atomic mass is 32.2. The van der Waals surface area contributed by atoms with Crippen molar-refractivity contribution in [2.24, 2.45) is 7.05 Å². The van der Waals surface area contributed by atoms with Gasteiger partial charge >= 0.3 is 0 Å². The fourth-order valence-corrected chi connectivity index (χ4v) is 3.54. The van der Waals surface area contributed by atoms with E-state index in [1.54, 1.807) is 0 Å². The summed E-state index contributed by atoms with van der Waals surface area (Å²) in [6, 6.07) is 2.00. The normalized spacial score (nSPS) is 16.6. The fourth-order valence-electron chi connectivity index (χ4n) is 2.35. The van der Waals surface area contributed by atoms with E-state index in [4.69, 9.17) is 0 Å². The predicted molar refractivity (Wildman–Crippen MR) is 71.4 cm³/mol. The van der Waals surface area contributed by atoms with Crippen LogP contribution in [0.2, 0.25) is 0 Å². The van der Waals surface area contributed by atoms with Crippen molar-refractivity contribution in [2.45, 2.75) is 44.3 Å². The number of rotatable bonds is 5. The summed E-state index contributed by atoms with van der Waals surface area (Å²) in [6.07, 6.45) is 5.79. The molecule has 1 saturated carbocycles. The minimum atomic E-state index is 0.324. The lowest BCUT2D eigenvalue weighted by Crippen LogP contribution is -2.11. The summed E-state index contributed by atoms with van der Waals surface area (Å²) in [4.78, 5) is 11.9. The van der Waals surface area contributed by atoms with Crippen molar-refractivity contribution in [3.8, 4) is 0 Å². The van der Waals surface area contributed by atoms with Crippen LogP contribution in [0.4, 0.5) is 0 Å². The van der Waals surface area contributed by atoms with E-state index in [1.807, 2.05) is 36.5 Å². The lowest BCUT2D eigenvalue weighted by molar-refractivity contribution is -0.116. The Balaban J connectivity index is 1.78. The first-order valence-electron chi connectivity index (χ1n) is 6.28. The van der Waals surface area contributed by atoms with E-state index in [0.717, 1.165) is 16.6 Å². The molecule has 1 aliphatic rings. The van der Waals surface area contributed by atoms with Crippen LogP contribution < -0.4 is 0 Å². The van der Waals surface area contributed by atoms with Gasteiger partial charge in [0.1, 0.15) is 5.78 Å². The molecule has 0 atom stereocenters. The minimum absolute atomic E-state index is 0.324. The van der Waals surface area contributed by atoms with Crippen LogP contribution >= 0.6 is 11.8 Å². The quantitative estimate of drug-likeness (QED) is 0.807. The van der Waals surface area contributed by atoms with E-state index in [1.165, 1.54) is 25.7 Å². The molecule has 0 radical (unpaired) electrons. The van der Waals surface area contributed by atoms with Gasteiger partial charge in [-0.3, -0.25) is 9.48 Å². The molecule has 0 amide bonds. The maximum Gasteiger partial charge on any atom is 0.148 e. The van der Waals surface area contributed by atoms with Gasteiger partial charge in [-0.1, -0.05) is 12.8 Å². The van der Waals surface area contributed by atoms with Crippen LogP contribution in [0.3, 0.4) is 0 Å². The van der Waals surface area contributed by atoms with Gasteiger partial charge in [-0.15, -0.1) is 0 Å². The van der Waals surface area contributed by atoms with Gasteiger partial charge in [-0.2, -0.15) is 16.9 Å². The molecule has 2 rings (SSSR count). The Morgan fingerprint density at radius 3 is 2.82 bits per heavy atom. The molecule has 0 bridgehead atoms. The van der Waals surface area contributed by atoms with Crippen LogP contribution in [0.15, 0.2) is 6.07 Å². The SMILES string of the molecule is Cc1cc(CC(=O)CSC2CCCC2)n(C)n1. The summed E-state index contributed by atoms with van der Waals surface area (Å²) in [5.74, 6) is 0.986. The first kappa shape index (κ1) is 12.7. The molecule has 0 aromatic carbocycles. The Kier molecular flexibility index (Phi) is 4.26. The van der Waals surface area contributed by atoms with Crippen LogP contribution in [0.1, 0.15) is 37.1 Å². The van der Waals surface area contributed by atoms with Crippen molar-refractivity contribution in [1.82, 2.24) is 9.78 Å². The fraction of sp³-hybridized carbons (Fsp3) is 0.692. The van der Waals surface area contributed by atoms with E-state index < -0.39 is 0 Å². The zero-order valence-electron chi connectivity index (χ0n) is 10.6. The molecule has 3 nitrogen and oxygen atoms in total. The first-order valence-corrected chi connectivity index (χ1v) is 7.33. The first-order chi connectivity index (χ1) is 8.15.